The van der Waals surface area contributed by atoms with Crippen LogP contribution in [0.15, 0.2) is 0 Å². The third-order valence-corrected chi connectivity index (χ3v) is 2.37. The summed E-state index contributed by atoms with van der Waals surface area (Å²) in [5.74, 6) is 0.704. The highest BCUT2D eigenvalue weighted by Crippen LogP contribution is 2.00. The lowest BCUT2D eigenvalue weighted by atomic mass is 10.2. The van der Waals surface area contributed by atoms with Crippen LogP contribution in [0.25, 0.3) is 0 Å². The van der Waals surface area contributed by atoms with Gasteiger partial charge in [-0.2, -0.15) is 0 Å². The zero-order valence-electron chi connectivity index (χ0n) is 9.54. The van der Waals surface area contributed by atoms with Crippen LogP contribution in [0.5, 0.6) is 0 Å². The van der Waals surface area contributed by atoms with Crippen molar-refractivity contribution in [1.82, 2.24) is 5.32 Å². The Morgan fingerprint density at radius 1 is 1.33 bits per heavy atom. The molecule has 0 rings (SSSR count). The summed E-state index contributed by atoms with van der Waals surface area (Å²) in [6.45, 7) is 6.90. The quantitative estimate of drug-likeness (QED) is 0.668. The van der Waals surface area contributed by atoms with Crippen LogP contribution in [0.1, 0.15) is 20.8 Å². The SMILES string of the molecule is CCOC(=O)CSCC(=O)NCC(C)C. The van der Waals surface area contributed by atoms with E-state index in [-0.39, 0.29) is 17.6 Å². The van der Waals surface area contributed by atoms with E-state index in [1.54, 1.807) is 6.92 Å². The number of hydrogen-bond donors (Lipinski definition) is 1. The molecule has 0 bridgehead atoms. The molecule has 0 unspecified atom stereocenters. The molecule has 15 heavy (non-hydrogen) atoms. The molecule has 4 nitrogen and oxygen atoms in total. The summed E-state index contributed by atoms with van der Waals surface area (Å²) in [5, 5.41) is 2.78. The first kappa shape index (κ1) is 14.3. The van der Waals surface area contributed by atoms with Crippen LogP contribution in [-0.2, 0) is 14.3 Å². The van der Waals surface area contributed by atoms with Gasteiger partial charge in [-0.05, 0) is 12.8 Å². The molecule has 0 spiro atoms. The van der Waals surface area contributed by atoms with E-state index in [9.17, 15) is 9.59 Å². The van der Waals surface area contributed by atoms with Crippen molar-refractivity contribution in [3.05, 3.63) is 0 Å². The van der Waals surface area contributed by atoms with Crippen molar-refractivity contribution in [2.75, 3.05) is 24.7 Å². The Labute approximate surface area is 95.1 Å². The van der Waals surface area contributed by atoms with E-state index < -0.39 is 0 Å². The molecule has 0 aromatic heterocycles. The van der Waals surface area contributed by atoms with E-state index >= 15 is 0 Å². The smallest absolute Gasteiger partial charge is 0.315 e. The van der Waals surface area contributed by atoms with Gasteiger partial charge in [-0.15, -0.1) is 11.8 Å². The molecule has 0 aromatic rings. The third-order valence-electron chi connectivity index (χ3n) is 1.47. The molecule has 0 aliphatic heterocycles. The van der Waals surface area contributed by atoms with Gasteiger partial charge in [-0.1, -0.05) is 13.8 Å². The highest BCUT2D eigenvalue weighted by molar-refractivity contribution is 8.00. The number of thioether (sulfide) groups is 1. The number of ether oxygens (including phenoxy) is 1. The molecule has 0 aliphatic carbocycles. The van der Waals surface area contributed by atoms with E-state index in [0.717, 1.165) is 0 Å². The van der Waals surface area contributed by atoms with Crippen LogP contribution in [0.3, 0.4) is 0 Å². The van der Waals surface area contributed by atoms with Gasteiger partial charge in [-0.25, -0.2) is 0 Å². The number of carbonyl (C=O) groups is 2. The molecule has 0 atom stereocenters. The molecule has 0 fully saturated rings. The van der Waals surface area contributed by atoms with E-state index in [2.05, 4.69) is 5.32 Å². The minimum Gasteiger partial charge on any atom is -0.465 e. The third kappa shape index (κ3) is 9.59. The van der Waals surface area contributed by atoms with Crippen LogP contribution >= 0.6 is 11.8 Å². The Morgan fingerprint density at radius 2 is 2.00 bits per heavy atom. The maximum absolute atomic E-state index is 11.2. The molecule has 5 heteroatoms. The summed E-state index contributed by atoms with van der Waals surface area (Å²) < 4.78 is 4.73. The molecular weight excluding hydrogens is 214 g/mol. The second kappa shape index (κ2) is 8.59. The Balaban J connectivity index is 3.42. The minimum absolute atomic E-state index is 0.0296. The van der Waals surface area contributed by atoms with Gasteiger partial charge in [-0.3, -0.25) is 9.59 Å². The van der Waals surface area contributed by atoms with Gasteiger partial charge in [0.1, 0.15) is 0 Å². The predicted molar refractivity (Wildman–Crippen MR) is 61.8 cm³/mol. The Bertz CT molecular complexity index is 207. The summed E-state index contributed by atoms with van der Waals surface area (Å²) >= 11 is 1.27. The Morgan fingerprint density at radius 3 is 2.53 bits per heavy atom. The first-order valence-corrected chi connectivity index (χ1v) is 6.21. The molecule has 1 N–H and O–H groups in total. The fourth-order valence-corrected chi connectivity index (χ4v) is 1.44. The van der Waals surface area contributed by atoms with Gasteiger partial charge < -0.3 is 10.1 Å². The zero-order chi connectivity index (χ0) is 11.7. The van der Waals surface area contributed by atoms with Crippen molar-refractivity contribution in [2.24, 2.45) is 5.92 Å². The fourth-order valence-electron chi connectivity index (χ4n) is 0.799. The van der Waals surface area contributed by atoms with Crippen molar-refractivity contribution in [3.63, 3.8) is 0 Å². The molecule has 0 aromatic carbocycles. The fraction of sp³-hybridized carbons (Fsp3) is 0.800. The number of rotatable bonds is 7. The van der Waals surface area contributed by atoms with Gasteiger partial charge in [0.15, 0.2) is 0 Å². The van der Waals surface area contributed by atoms with Gasteiger partial charge in [0.2, 0.25) is 5.91 Å². The highest BCUT2D eigenvalue weighted by Gasteiger charge is 2.05. The molecule has 0 heterocycles. The number of nitrogens with one attached hydrogen (secondary N) is 1. The first-order chi connectivity index (χ1) is 7.06. The van der Waals surface area contributed by atoms with Gasteiger partial charge >= 0.3 is 5.97 Å². The lowest BCUT2D eigenvalue weighted by molar-refractivity contribution is -0.139. The number of amides is 1. The van der Waals surface area contributed by atoms with Crippen molar-refractivity contribution < 1.29 is 14.3 Å². The standard InChI is InChI=1S/C10H19NO3S/c1-4-14-10(13)7-15-6-9(12)11-5-8(2)3/h8H,4-7H2,1-3H3,(H,11,12). The van der Waals surface area contributed by atoms with E-state index in [4.69, 9.17) is 4.74 Å². The monoisotopic (exact) mass is 233 g/mol. The summed E-state index contributed by atoms with van der Waals surface area (Å²) in [4.78, 5) is 22.1. The van der Waals surface area contributed by atoms with E-state index in [1.165, 1.54) is 11.8 Å². The maximum Gasteiger partial charge on any atom is 0.315 e. The second-order valence-corrected chi connectivity index (χ2v) is 4.48. The topological polar surface area (TPSA) is 55.4 Å². The van der Waals surface area contributed by atoms with Crippen LogP contribution in [-0.4, -0.2) is 36.5 Å². The van der Waals surface area contributed by atoms with E-state index in [0.29, 0.717) is 24.8 Å². The average molecular weight is 233 g/mol. The number of hydrogen-bond acceptors (Lipinski definition) is 4. The summed E-state index contributed by atoms with van der Waals surface area (Å²) in [6, 6.07) is 0. The van der Waals surface area contributed by atoms with Crippen LogP contribution < -0.4 is 5.32 Å². The van der Waals surface area contributed by atoms with Crippen molar-refractivity contribution >= 4 is 23.6 Å². The van der Waals surface area contributed by atoms with Crippen LogP contribution in [0.4, 0.5) is 0 Å². The van der Waals surface area contributed by atoms with Crippen LogP contribution in [0, 0.1) is 5.92 Å². The molecule has 0 saturated heterocycles. The molecule has 0 aliphatic rings. The van der Waals surface area contributed by atoms with Crippen LogP contribution in [0.2, 0.25) is 0 Å². The molecule has 88 valence electrons. The Kier molecular flexibility index (Phi) is 8.18. The van der Waals surface area contributed by atoms with E-state index in [1.807, 2.05) is 13.8 Å². The lowest BCUT2D eigenvalue weighted by Crippen LogP contribution is -2.29. The summed E-state index contributed by atoms with van der Waals surface area (Å²) in [6.07, 6.45) is 0. The summed E-state index contributed by atoms with van der Waals surface area (Å²) in [7, 11) is 0. The van der Waals surface area contributed by atoms with Crippen molar-refractivity contribution in [2.45, 2.75) is 20.8 Å². The second-order valence-electron chi connectivity index (χ2n) is 3.50. The van der Waals surface area contributed by atoms with Crippen molar-refractivity contribution in [1.29, 1.82) is 0 Å². The number of carbonyl (C=O) groups excluding carboxylic acids is 2. The predicted octanol–water partition coefficient (Wildman–Crippen LogP) is 1.05. The highest BCUT2D eigenvalue weighted by atomic mass is 32.2. The normalized spacial score (nSPS) is 10.1. The van der Waals surface area contributed by atoms with Gasteiger partial charge in [0.05, 0.1) is 18.1 Å². The summed E-state index contributed by atoms with van der Waals surface area (Å²) in [5.41, 5.74) is 0. The zero-order valence-corrected chi connectivity index (χ0v) is 10.4. The first-order valence-electron chi connectivity index (χ1n) is 5.06. The molecule has 0 saturated carbocycles. The Hall–Kier alpha value is -0.710. The van der Waals surface area contributed by atoms with Crippen molar-refractivity contribution in [3.8, 4) is 0 Å². The molecule has 0 radical (unpaired) electrons. The minimum atomic E-state index is -0.265. The number of esters is 1. The molecule has 1 amide bonds. The lowest BCUT2D eigenvalue weighted by Gasteiger charge is -2.07. The van der Waals surface area contributed by atoms with Gasteiger partial charge in [0, 0.05) is 6.54 Å². The van der Waals surface area contributed by atoms with Gasteiger partial charge in [0.25, 0.3) is 0 Å². The molecular formula is C10H19NO3S. The largest absolute Gasteiger partial charge is 0.465 e. The average Bonchev–Trinajstić information content (AvgIpc) is 2.15. The maximum atomic E-state index is 11.2.